The number of nitrogens with zero attached hydrogens (tertiary/aromatic N) is 2. The highest BCUT2D eigenvalue weighted by Gasteiger charge is 2.65. The predicted octanol–water partition coefficient (Wildman–Crippen LogP) is 6.99. The van der Waals surface area contributed by atoms with E-state index in [1.165, 1.54) is 4.90 Å². The lowest BCUT2D eigenvalue weighted by atomic mass is 9.55. The Kier molecular flexibility index (Phi) is 14.0. The number of amides is 1. The van der Waals surface area contributed by atoms with Crippen LogP contribution in [0.15, 0.2) is 60.3 Å². The molecule has 1 heterocycles. The summed E-state index contributed by atoms with van der Waals surface area (Å²) in [6.45, 7) is 14.4. The van der Waals surface area contributed by atoms with Gasteiger partial charge in [0.05, 0.1) is 24.1 Å². The molecule has 1 saturated carbocycles. The van der Waals surface area contributed by atoms with Gasteiger partial charge in [-0.25, -0.2) is 4.79 Å². The van der Waals surface area contributed by atoms with E-state index in [4.69, 9.17) is 40.5 Å². The summed E-state index contributed by atoms with van der Waals surface area (Å²) in [5.41, 5.74) is 2.11. The minimum Gasteiger partial charge on any atom is -0.490 e. The second-order valence-electron chi connectivity index (χ2n) is 14.0. The first-order valence-electron chi connectivity index (χ1n) is 17.5. The maximum atomic E-state index is 13.5. The Morgan fingerprint density at radius 1 is 1.12 bits per heavy atom. The summed E-state index contributed by atoms with van der Waals surface area (Å²) in [7, 11) is 1.69. The summed E-state index contributed by atoms with van der Waals surface area (Å²) >= 11 is 5.90. The SMILES string of the molecule is C=CCOc1ccc2c(c1)C1C(CCCCO)C(CCCCO)C=C3C(=NOC(C)(C)C)CC(N(C)C(=O)OCCCl)C(OCC=C)(O2)C31. The number of halogens is 1. The maximum absolute atomic E-state index is 13.5. The Morgan fingerprint density at radius 3 is 2.49 bits per heavy atom. The van der Waals surface area contributed by atoms with Crippen molar-refractivity contribution >= 4 is 23.4 Å². The van der Waals surface area contributed by atoms with Crippen LogP contribution >= 0.6 is 11.6 Å². The van der Waals surface area contributed by atoms with Gasteiger partial charge in [0.1, 0.15) is 36.4 Å². The summed E-state index contributed by atoms with van der Waals surface area (Å²) in [6, 6.07) is 5.18. The number of allylic oxidation sites excluding steroid dienone is 1. The number of benzene rings is 1. The first-order valence-corrected chi connectivity index (χ1v) is 18.0. The van der Waals surface area contributed by atoms with E-state index < -0.39 is 29.4 Å². The number of fused-ring (bicyclic) bond motifs is 2. The van der Waals surface area contributed by atoms with E-state index in [0.29, 0.717) is 30.9 Å². The number of rotatable bonds is 18. The summed E-state index contributed by atoms with van der Waals surface area (Å²) in [5.74, 6) is -0.146. The van der Waals surface area contributed by atoms with Crippen molar-refractivity contribution in [2.45, 2.75) is 89.1 Å². The Bertz CT molecular complexity index is 1340. The first-order chi connectivity index (χ1) is 23.5. The quantitative estimate of drug-likeness (QED) is 0.0727. The number of ether oxygens (including phenoxy) is 4. The Balaban J connectivity index is 2.02. The average Bonchev–Trinajstić information content (AvgIpc) is 3.08. The monoisotopic (exact) mass is 702 g/mol. The lowest BCUT2D eigenvalue weighted by molar-refractivity contribution is -0.253. The Labute approximate surface area is 296 Å². The van der Waals surface area contributed by atoms with Gasteiger partial charge in [-0.05, 0) is 82.1 Å². The molecule has 2 aliphatic carbocycles. The standard InChI is InChI=1S/C38H55ClN2O8/c1-7-20-45-27-15-16-32-30(24-27)34-28(14-10-12-19-43)26(13-9-11-18-42)23-29-31(40-49-37(3,4)5)25-33(41(6)36(44)46-22-17-39)38(48-32,35(29)34)47-21-8-2/h7-8,15-16,23-24,26,28,33-35,42-43H,1-2,9-14,17-22,25H2,3-6H3. The molecule has 1 amide bonds. The number of hydrogen-bond acceptors (Lipinski definition) is 9. The maximum Gasteiger partial charge on any atom is 0.410 e. The highest BCUT2D eigenvalue weighted by Crippen LogP contribution is 2.61. The third-order valence-corrected chi connectivity index (χ3v) is 9.65. The smallest absolute Gasteiger partial charge is 0.410 e. The molecule has 6 atom stereocenters. The Morgan fingerprint density at radius 2 is 1.84 bits per heavy atom. The van der Waals surface area contributed by atoms with Crippen LogP contribution in [0.1, 0.15) is 77.2 Å². The van der Waals surface area contributed by atoms with E-state index in [1.807, 2.05) is 32.9 Å². The average molecular weight is 703 g/mol. The molecule has 0 aromatic heterocycles. The molecule has 0 radical (unpaired) electrons. The fourth-order valence-electron chi connectivity index (χ4n) is 7.52. The van der Waals surface area contributed by atoms with Crippen LogP contribution in [0.2, 0.25) is 0 Å². The zero-order valence-electron chi connectivity index (χ0n) is 29.6. The number of carbonyl (C=O) groups excluding carboxylic acids is 1. The highest BCUT2D eigenvalue weighted by molar-refractivity contribution is 6.18. The fraction of sp³-hybridized carbons (Fsp3) is 0.632. The summed E-state index contributed by atoms with van der Waals surface area (Å²) in [5, 5.41) is 24.3. The second kappa shape index (κ2) is 17.7. The molecular weight excluding hydrogens is 648 g/mol. The number of hydrogen-bond donors (Lipinski definition) is 2. The van der Waals surface area contributed by atoms with Crippen molar-refractivity contribution in [2.75, 3.05) is 46.0 Å². The van der Waals surface area contributed by atoms with Crippen LogP contribution in [0.25, 0.3) is 0 Å². The van der Waals surface area contributed by atoms with Crippen molar-refractivity contribution in [3.8, 4) is 11.5 Å². The third kappa shape index (κ3) is 9.01. The van der Waals surface area contributed by atoms with Gasteiger partial charge in [0.15, 0.2) is 0 Å². The number of unbranched alkanes of at least 4 members (excludes halogenated alkanes) is 2. The van der Waals surface area contributed by atoms with Crippen LogP contribution in [0.4, 0.5) is 4.79 Å². The molecule has 6 unspecified atom stereocenters. The van der Waals surface area contributed by atoms with Gasteiger partial charge in [0.25, 0.3) is 0 Å². The van der Waals surface area contributed by atoms with Crippen LogP contribution in [0.5, 0.6) is 11.5 Å². The van der Waals surface area contributed by atoms with Gasteiger partial charge in [-0.2, -0.15) is 0 Å². The van der Waals surface area contributed by atoms with Crippen molar-refractivity contribution in [3.63, 3.8) is 0 Å². The number of alkyl halides is 1. The second-order valence-corrected chi connectivity index (χ2v) is 14.4. The largest absolute Gasteiger partial charge is 0.490 e. The summed E-state index contributed by atoms with van der Waals surface area (Å²) in [4.78, 5) is 21.2. The van der Waals surface area contributed by atoms with Crippen LogP contribution < -0.4 is 9.47 Å². The van der Waals surface area contributed by atoms with Crippen molar-refractivity contribution < 1.29 is 38.8 Å². The van der Waals surface area contributed by atoms with Crippen LogP contribution in [0, 0.1) is 17.8 Å². The fourth-order valence-corrected chi connectivity index (χ4v) is 7.60. The third-order valence-electron chi connectivity index (χ3n) is 9.50. The molecule has 4 rings (SSSR count). The van der Waals surface area contributed by atoms with E-state index in [1.54, 1.807) is 19.2 Å². The van der Waals surface area contributed by atoms with Crippen molar-refractivity contribution in [1.29, 1.82) is 0 Å². The van der Waals surface area contributed by atoms with E-state index in [-0.39, 0.29) is 56.5 Å². The number of aliphatic hydroxyl groups is 2. The van der Waals surface area contributed by atoms with E-state index >= 15 is 0 Å². The van der Waals surface area contributed by atoms with E-state index in [9.17, 15) is 15.0 Å². The van der Waals surface area contributed by atoms with Gasteiger partial charge >= 0.3 is 6.09 Å². The van der Waals surface area contributed by atoms with Crippen molar-refractivity contribution in [2.24, 2.45) is 22.9 Å². The molecule has 0 bridgehead atoms. The van der Waals surface area contributed by atoms with Gasteiger partial charge in [0, 0.05) is 38.2 Å². The van der Waals surface area contributed by atoms with Gasteiger partial charge in [-0.1, -0.05) is 42.8 Å². The number of likely N-dealkylation sites (N-methyl/N-ethyl adjacent to an activating group) is 1. The lowest BCUT2D eigenvalue weighted by Gasteiger charge is -2.59. The van der Waals surface area contributed by atoms with Crippen LogP contribution in [-0.4, -0.2) is 90.3 Å². The molecule has 1 aromatic carbocycles. The summed E-state index contributed by atoms with van der Waals surface area (Å²) < 4.78 is 25.5. The zero-order chi connectivity index (χ0) is 35.6. The zero-order valence-corrected chi connectivity index (χ0v) is 30.3. The predicted molar refractivity (Wildman–Crippen MR) is 191 cm³/mol. The molecule has 49 heavy (non-hydrogen) atoms. The molecule has 1 aliphatic heterocycles. The minimum absolute atomic E-state index is 0.0584. The van der Waals surface area contributed by atoms with Crippen LogP contribution in [0.3, 0.4) is 0 Å². The van der Waals surface area contributed by atoms with Gasteiger partial charge in [0.2, 0.25) is 5.79 Å². The lowest BCUT2D eigenvalue weighted by Crippen LogP contribution is -2.69. The van der Waals surface area contributed by atoms with Gasteiger partial charge in [-0.15, -0.1) is 18.2 Å². The van der Waals surface area contributed by atoms with E-state index in [2.05, 4.69) is 25.3 Å². The normalized spacial score (nSPS) is 26.5. The molecule has 272 valence electrons. The molecule has 2 N–H and O–H groups in total. The molecule has 1 aromatic rings. The number of aliphatic hydroxyl groups excluding tert-OH is 2. The van der Waals surface area contributed by atoms with Crippen LogP contribution in [-0.2, 0) is 14.3 Å². The van der Waals surface area contributed by atoms with Gasteiger partial charge in [-0.3, -0.25) is 0 Å². The number of oxime groups is 1. The Hall–Kier alpha value is -3.05. The molecule has 0 spiro atoms. The molecule has 11 heteroatoms. The first kappa shape index (κ1) is 38.7. The highest BCUT2D eigenvalue weighted by atomic mass is 35.5. The molecular formula is C38H55ClN2O8. The van der Waals surface area contributed by atoms with Crippen molar-refractivity contribution in [3.05, 3.63) is 60.7 Å². The molecule has 10 nitrogen and oxygen atoms in total. The van der Waals surface area contributed by atoms with E-state index in [0.717, 1.165) is 42.5 Å². The number of carbonyl (C=O) groups is 1. The minimum atomic E-state index is -1.35. The molecule has 0 saturated heterocycles. The molecule has 1 fully saturated rings. The van der Waals surface area contributed by atoms with Crippen molar-refractivity contribution in [1.82, 2.24) is 4.90 Å². The molecule has 3 aliphatic rings. The topological polar surface area (TPSA) is 119 Å². The summed E-state index contributed by atoms with van der Waals surface area (Å²) in [6.07, 6.45) is 10.2. The van der Waals surface area contributed by atoms with Gasteiger partial charge < -0.3 is 38.9 Å².